The van der Waals surface area contributed by atoms with Crippen molar-refractivity contribution < 1.29 is 24.6 Å². The van der Waals surface area contributed by atoms with E-state index in [1.54, 1.807) is 26.8 Å². The Morgan fingerprint density at radius 2 is 1.77 bits per heavy atom. The molecule has 0 spiro atoms. The molecule has 0 bridgehead atoms. The molecular weight excluding hydrogens is 286 g/mol. The van der Waals surface area contributed by atoms with Gasteiger partial charge >= 0.3 is 11.9 Å². The molecule has 1 aromatic rings. The minimum absolute atomic E-state index is 0.0193. The van der Waals surface area contributed by atoms with Crippen LogP contribution in [0.4, 0.5) is 5.69 Å². The van der Waals surface area contributed by atoms with Crippen molar-refractivity contribution in [3.8, 4) is 0 Å². The van der Waals surface area contributed by atoms with Crippen LogP contribution in [0, 0.1) is 11.3 Å². The van der Waals surface area contributed by atoms with Crippen LogP contribution in [0.2, 0.25) is 0 Å². The van der Waals surface area contributed by atoms with E-state index in [9.17, 15) is 14.4 Å². The summed E-state index contributed by atoms with van der Waals surface area (Å²) in [5, 5.41) is 18.1. The van der Waals surface area contributed by atoms with Crippen molar-refractivity contribution in [2.45, 2.75) is 27.7 Å². The van der Waals surface area contributed by atoms with Gasteiger partial charge in [0.1, 0.15) is 0 Å². The molecule has 6 nitrogen and oxygen atoms in total. The predicted molar refractivity (Wildman–Crippen MR) is 82.0 cm³/mol. The van der Waals surface area contributed by atoms with Gasteiger partial charge in [0, 0.05) is 17.6 Å². The summed E-state index contributed by atoms with van der Waals surface area (Å²) in [5.74, 6) is -3.14. The van der Waals surface area contributed by atoms with Crippen molar-refractivity contribution in [1.29, 1.82) is 0 Å². The van der Waals surface area contributed by atoms with E-state index >= 15 is 0 Å². The second kappa shape index (κ2) is 6.60. The highest BCUT2D eigenvalue weighted by atomic mass is 16.4. The second-order valence-electron chi connectivity index (χ2n) is 6.26. The van der Waals surface area contributed by atoms with Gasteiger partial charge in [-0.15, -0.1) is 0 Å². The Balaban J connectivity index is 3.25. The fraction of sp³-hybridized carbons (Fsp3) is 0.438. The highest BCUT2D eigenvalue weighted by molar-refractivity contribution is 5.98. The minimum Gasteiger partial charge on any atom is -0.481 e. The first-order chi connectivity index (χ1) is 10.0. The van der Waals surface area contributed by atoms with Gasteiger partial charge in [0.15, 0.2) is 0 Å². The minimum atomic E-state index is -1.10. The van der Waals surface area contributed by atoms with Gasteiger partial charge in [0.25, 0.3) is 0 Å². The van der Waals surface area contributed by atoms with Crippen molar-refractivity contribution in [2.24, 2.45) is 11.3 Å². The van der Waals surface area contributed by atoms with Crippen LogP contribution in [-0.2, 0) is 9.59 Å². The van der Waals surface area contributed by atoms with Crippen molar-refractivity contribution >= 4 is 23.5 Å². The molecule has 0 fully saturated rings. The predicted octanol–water partition coefficient (Wildman–Crippen LogP) is 2.48. The third-order valence-corrected chi connectivity index (χ3v) is 3.17. The maximum absolute atomic E-state index is 12.6. The lowest BCUT2D eigenvalue weighted by molar-refractivity contribution is -0.140. The zero-order valence-corrected chi connectivity index (χ0v) is 13.2. The zero-order valence-electron chi connectivity index (χ0n) is 13.2. The molecule has 0 aliphatic carbocycles. The van der Waals surface area contributed by atoms with E-state index in [2.05, 4.69) is 0 Å². The Labute approximate surface area is 129 Å². The lowest BCUT2D eigenvalue weighted by Crippen LogP contribution is -2.43. The zero-order chi connectivity index (χ0) is 17.1. The molecule has 0 saturated heterocycles. The standard InChI is InChI=1S/C16H21NO5/c1-10(13(18)19)9-17(15(22)16(2,3)4)12-7-5-6-11(8-12)14(20)21/h5-8,10H,9H2,1-4H3,(H,18,19)(H,20,21). The number of carboxylic acids is 2. The fourth-order valence-electron chi connectivity index (χ4n) is 1.87. The molecule has 6 heteroatoms. The summed E-state index contributed by atoms with van der Waals surface area (Å²) in [4.78, 5) is 36.1. The number of benzene rings is 1. The van der Waals surface area contributed by atoms with E-state index in [0.29, 0.717) is 5.69 Å². The summed E-state index contributed by atoms with van der Waals surface area (Å²) in [6.07, 6.45) is 0. The Bertz CT molecular complexity index is 588. The Morgan fingerprint density at radius 1 is 1.18 bits per heavy atom. The number of hydrogen-bond donors (Lipinski definition) is 2. The highest BCUT2D eigenvalue weighted by Crippen LogP contribution is 2.25. The summed E-state index contributed by atoms with van der Waals surface area (Å²) in [7, 11) is 0. The van der Waals surface area contributed by atoms with Crippen LogP contribution in [-0.4, -0.2) is 34.6 Å². The largest absolute Gasteiger partial charge is 0.481 e. The van der Waals surface area contributed by atoms with Gasteiger partial charge in [-0.2, -0.15) is 0 Å². The number of rotatable bonds is 5. The monoisotopic (exact) mass is 307 g/mol. The Kier molecular flexibility index (Phi) is 5.30. The van der Waals surface area contributed by atoms with E-state index in [0.717, 1.165) is 0 Å². The maximum Gasteiger partial charge on any atom is 0.335 e. The number of carbonyl (C=O) groups is 3. The molecular formula is C16H21NO5. The average molecular weight is 307 g/mol. The van der Waals surface area contributed by atoms with Crippen LogP contribution in [0.25, 0.3) is 0 Å². The van der Waals surface area contributed by atoms with E-state index in [1.165, 1.54) is 30.0 Å². The lowest BCUT2D eigenvalue weighted by Gasteiger charge is -2.31. The molecule has 1 rings (SSSR count). The van der Waals surface area contributed by atoms with Gasteiger partial charge < -0.3 is 15.1 Å². The molecule has 0 heterocycles. The number of carbonyl (C=O) groups excluding carboxylic acids is 1. The molecule has 0 aliphatic rings. The van der Waals surface area contributed by atoms with Crippen molar-refractivity contribution in [2.75, 3.05) is 11.4 Å². The van der Waals surface area contributed by atoms with E-state index in [1.807, 2.05) is 0 Å². The van der Waals surface area contributed by atoms with Gasteiger partial charge in [-0.05, 0) is 18.2 Å². The van der Waals surface area contributed by atoms with E-state index < -0.39 is 23.3 Å². The molecule has 120 valence electrons. The van der Waals surface area contributed by atoms with Crippen LogP contribution in [0.3, 0.4) is 0 Å². The molecule has 0 radical (unpaired) electrons. The number of hydrogen-bond acceptors (Lipinski definition) is 3. The van der Waals surface area contributed by atoms with Crippen LogP contribution >= 0.6 is 0 Å². The van der Waals surface area contributed by atoms with Crippen LogP contribution in [0.5, 0.6) is 0 Å². The summed E-state index contributed by atoms with van der Waals surface area (Å²) in [5.41, 5.74) is -0.280. The first-order valence-electron chi connectivity index (χ1n) is 6.92. The van der Waals surface area contributed by atoms with Crippen molar-refractivity contribution in [3.05, 3.63) is 29.8 Å². The van der Waals surface area contributed by atoms with Gasteiger partial charge in [0.05, 0.1) is 11.5 Å². The quantitative estimate of drug-likeness (QED) is 0.871. The number of amides is 1. The van der Waals surface area contributed by atoms with Crippen LogP contribution in [0.15, 0.2) is 24.3 Å². The Hall–Kier alpha value is -2.37. The highest BCUT2D eigenvalue weighted by Gasteiger charge is 2.30. The third kappa shape index (κ3) is 4.31. The molecule has 0 aliphatic heterocycles. The molecule has 1 amide bonds. The average Bonchev–Trinajstić information content (AvgIpc) is 2.42. The molecule has 1 unspecified atom stereocenters. The summed E-state index contributed by atoms with van der Waals surface area (Å²) in [6.45, 7) is 6.68. The third-order valence-electron chi connectivity index (χ3n) is 3.17. The second-order valence-corrected chi connectivity index (χ2v) is 6.26. The number of aromatic carboxylic acids is 1. The molecule has 22 heavy (non-hydrogen) atoms. The summed E-state index contributed by atoms with van der Waals surface area (Å²) >= 11 is 0. The van der Waals surface area contributed by atoms with E-state index in [-0.39, 0.29) is 18.0 Å². The van der Waals surface area contributed by atoms with Crippen LogP contribution in [0.1, 0.15) is 38.1 Å². The maximum atomic E-state index is 12.6. The first kappa shape index (κ1) is 17.7. The van der Waals surface area contributed by atoms with Gasteiger partial charge in [-0.1, -0.05) is 33.8 Å². The summed E-state index contributed by atoms with van der Waals surface area (Å²) < 4.78 is 0. The SMILES string of the molecule is CC(CN(C(=O)C(C)(C)C)c1cccc(C(=O)O)c1)C(=O)O. The van der Waals surface area contributed by atoms with Crippen LogP contribution < -0.4 is 4.90 Å². The smallest absolute Gasteiger partial charge is 0.335 e. The number of aliphatic carboxylic acids is 1. The number of nitrogens with zero attached hydrogens (tertiary/aromatic N) is 1. The molecule has 2 N–H and O–H groups in total. The molecule has 1 atom stereocenters. The van der Waals surface area contributed by atoms with E-state index in [4.69, 9.17) is 10.2 Å². The summed E-state index contributed by atoms with van der Waals surface area (Å²) in [6, 6.07) is 5.94. The lowest BCUT2D eigenvalue weighted by atomic mass is 9.93. The fourth-order valence-corrected chi connectivity index (χ4v) is 1.87. The Morgan fingerprint density at radius 3 is 2.23 bits per heavy atom. The van der Waals surface area contributed by atoms with Crippen molar-refractivity contribution in [1.82, 2.24) is 0 Å². The van der Waals surface area contributed by atoms with Gasteiger partial charge in [0.2, 0.25) is 5.91 Å². The topological polar surface area (TPSA) is 94.9 Å². The van der Waals surface area contributed by atoms with Gasteiger partial charge in [-0.25, -0.2) is 4.79 Å². The molecule has 1 aromatic carbocycles. The molecule has 0 aromatic heterocycles. The molecule has 0 saturated carbocycles. The van der Waals surface area contributed by atoms with Gasteiger partial charge in [-0.3, -0.25) is 9.59 Å². The number of anilines is 1. The first-order valence-corrected chi connectivity index (χ1v) is 6.92. The van der Waals surface area contributed by atoms with Crippen molar-refractivity contribution in [3.63, 3.8) is 0 Å². The normalized spacial score (nSPS) is 12.5. The number of carboxylic acid groups (broad SMARTS) is 2.